The molecule has 2 aromatic carbocycles. The lowest BCUT2D eigenvalue weighted by molar-refractivity contribution is 0.571. The molecule has 0 aliphatic rings. The predicted molar refractivity (Wildman–Crippen MR) is 83.9 cm³/mol. The van der Waals surface area contributed by atoms with Crippen LogP contribution in [-0.2, 0) is 0 Å². The Morgan fingerprint density at radius 3 is 2.19 bits per heavy atom. The fourth-order valence-corrected chi connectivity index (χ4v) is 2.18. The van der Waals surface area contributed by atoms with Crippen LogP contribution in [0.25, 0.3) is 0 Å². The fourth-order valence-electron chi connectivity index (χ4n) is 2.18. The Hall–Kier alpha value is -2.10. The lowest BCUT2D eigenvalue weighted by Crippen LogP contribution is -2.11. The molecule has 112 valence electrons. The van der Waals surface area contributed by atoms with Crippen molar-refractivity contribution < 1.29 is 8.78 Å². The highest BCUT2D eigenvalue weighted by Gasteiger charge is 2.13. The Labute approximate surface area is 124 Å². The molecule has 2 aromatic rings. The second-order valence-corrected chi connectivity index (χ2v) is 5.43. The van der Waals surface area contributed by atoms with Gasteiger partial charge in [0.25, 0.3) is 0 Å². The molecule has 0 bridgehead atoms. The van der Waals surface area contributed by atoms with Crippen molar-refractivity contribution in [1.82, 2.24) is 0 Å². The topological polar surface area (TPSA) is 15.3 Å². The molecule has 0 saturated heterocycles. The number of nitrogens with zero attached hydrogens (tertiary/aromatic N) is 1. The van der Waals surface area contributed by atoms with Gasteiger partial charge in [0, 0.05) is 31.0 Å². The van der Waals surface area contributed by atoms with Gasteiger partial charge in [-0.05, 0) is 55.8 Å². The largest absolute Gasteiger partial charge is 0.378 e. The number of halogens is 2. The molecule has 0 radical (unpaired) electrons. The van der Waals surface area contributed by atoms with Gasteiger partial charge in [-0.1, -0.05) is 0 Å². The molecule has 1 atom stereocenters. The minimum absolute atomic E-state index is 0.315. The number of nitrogens with one attached hydrogen (secondary N) is 1. The summed E-state index contributed by atoms with van der Waals surface area (Å²) in [4.78, 5) is 2.00. The number of benzene rings is 2. The normalized spacial score (nSPS) is 12.1. The minimum Gasteiger partial charge on any atom is -0.378 e. The monoisotopic (exact) mass is 290 g/mol. The van der Waals surface area contributed by atoms with Crippen LogP contribution < -0.4 is 10.2 Å². The average Bonchev–Trinajstić information content (AvgIpc) is 2.43. The van der Waals surface area contributed by atoms with Crippen LogP contribution in [0.5, 0.6) is 0 Å². The first-order valence-electron chi connectivity index (χ1n) is 6.88. The van der Waals surface area contributed by atoms with Crippen LogP contribution in [0.15, 0.2) is 36.4 Å². The molecule has 1 N–H and O–H groups in total. The van der Waals surface area contributed by atoms with Crippen LogP contribution in [0.4, 0.5) is 20.2 Å². The second kappa shape index (κ2) is 6.12. The van der Waals surface area contributed by atoms with Gasteiger partial charge in [0.15, 0.2) is 0 Å². The van der Waals surface area contributed by atoms with Crippen LogP contribution >= 0.6 is 0 Å². The molecule has 1 unspecified atom stereocenters. The van der Waals surface area contributed by atoms with E-state index in [1.54, 1.807) is 6.92 Å². The Balaban J connectivity index is 2.17. The SMILES string of the molecule is Cc1cc(F)c(C(C)Nc2ccc(N(C)C)cc2)cc1F. The summed E-state index contributed by atoms with van der Waals surface area (Å²) in [5.41, 5.74) is 2.60. The van der Waals surface area contributed by atoms with Crippen LogP contribution in [-0.4, -0.2) is 14.1 Å². The Kier molecular flexibility index (Phi) is 4.46. The van der Waals surface area contributed by atoms with Gasteiger partial charge in [-0.3, -0.25) is 0 Å². The molecule has 0 saturated carbocycles. The molecule has 0 heterocycles. The van der Waals surface area contributed by atoms with E-state index in [0.29, 0.717) is 11.1 Å². The third-order valence-electron chi connectivity index (χ3n) is 3.51. The Morgan fingerprint density at radius 2 is 1.62 bits per heavy atom. The van der Waals surface area contributed by atoms with E-state index in [2.05, 4.69) is 5.32 Å². The summed E-state index contributed by atoms with van der Waals surface area (Å²) in [5.74, 6) is -0.776. The second-order valence-electron chi connectivity index (χ2n) is 5.43. The standard InChI is InChI=1S/C17H20F2N2/c1-11-9-17(19)15(10-16(11)18)12(2)20-13-5-7-14(8-6-13)21(3)4/h5-10,12,20H,1-4H3. The van der Waals surface area contributed by atoms with Gasteiger partial charge in [-0.2, -0.15) is 0 Å². The molecule has 0 aromatic heterocycles. The smallest absolute Gasteiger partial charge is 0.128 e. The first kappa shape index (κ1) is 15.3. The zero-order valence-corrected chi connectivity index (χ0v) is 12.7. The van der Waals surface area contributed by atoms with Crippen molar-refractivity contribution in [2.75, 3.05) is 24.3 Å². The number of aryl methyl sites for hydroxylation is 1. The average molecular weight is 290 g/mol. The highest BCUT2D eigenvalue weighted by atomic mass is 19.1. The van der Waals surface area contributed by atoms with Gasteiger partial charge in [0.1, 0.15) is 11.6 Å². The maximum Gasteiger partial charge on any atom is 0.128 e. The molecule has 4 heteroatoms. The van der Waals surface area contributed by atoms with Crippen molar-refractivity contribution in [3.05, 3.63) is 59.2 Å². The molecule has 2 rings (SSSR count). The first-order chi connectivity index (χ1) is 9.88. The summed E-state index contributed by atoms with van der Waals surface area (Å²) >= 11 is 0. The zero-order chi connectivity index (χ0) is 15.6. The molecular weight excluding hydrogens is 270 g/mol. The van der Waals surface area contributed by atoms with Gasteiger partial charge in [0.2, 0.25) is 0 Å². The highest BCUT2D eigenvalue weighted by Crippen LogP contribution is 2.25. The summed E-state index contributed by atoms with van der Waals surface area (Å²) in [7, 11) is 3.94. The Morgan fingerprint density at radius 1 is 1.00 bits per heavy atom. The predicted octanol–water partition coefficient (Wildman–Crippen LogP) is 4.51. The van der Waals surface area contributed by atoms with E-state index < -0.39 is 0 Å². The zero-order valence-electron chi connectivity index (χ0n) is 12.7. The molecular formula is C17H20F2N2. The van der Waals surface area contributed by atoms with Crippen molar-refractivity contribution in [1.29, 1.82) is 0 Å². The fraction of sp³-hybridized carbons (Fsp3) is 0.294. The van der Waals surface area contributed by atoms with Crippen molar-refractivity contribution in [2.24, 2.45) is 0 Å². The molecule has 0 aliphatic carbocycles. The van der Waals surface area contributed by atoms with Crippen LogP contribution in [0.1, 0.15) is 24.1 Å². The summed E-state index contributed by atoms with van der Waals surface area (Å²) in [6, 6.07) is 9.98. The number of hydrogen-bond donors (Lipinski definition) is 1. The van der Waals surface area contributed by atoms with Crippen molar-refractivity contribution in [3.8, 4) is 0 Å². The van der Waals surface area contributed by atoms with Crippen molar-refractivity contribution >= 4 is 11.4 Å². The third kappa shape index (κ3) is 3.51. The number of rotatable bonds is 4. The van der Waals surface area contributed by atoms with E-state index in [4.69, 9.17) is 0 Å². The van der Waals surface area contributed by atoms with E-state index >= 15 is 0 Å². The summed E-state index contributed by atoms with van der Waals surface area (Å²) < 4.78 is 27.5. The molecule has 2 nitrogen and oxygen atoms in total. The van der Waals surface area contributed by atoms with Gasteiger partial charge < -0.3 is 10.2 Å². The van der Waals surface area contributed by atoms with Gasteiger partial charge in [-0.15, -0.1) is 0 Å². The third-order valence-corrected chi connectivity index (χ3v) is 3.51. The Bertz CT molecular complexity index is 621. The molecule has 0 fully saturated rings. The van der Waals surface area contributed by atoms with E-state index in [1.807, 2.05) is 50.2 Å². The van der Waals surface area contributed by atoms with Crippen molar-refractivity contribution in [2.45, 2.75) is 19.9 Å². The molecule has 21 heavy (non-hydrogen) atoms. The van der Waals surface area contributed by atoms with Gasteiger partial charge in [-0.25, -0.2) is 8.78 Å². The first-order valence-corrected chi connectivity index (χ1v) is 6.88. The van der Waals surface area contributed by atoms with Crippen LogP contribution in [0.2, 0.25) is 0 Å². The summed E-state index contributed by atoms with van der Waals surface area (Å²) in [5, 5.41) is 3.19. The van der Waals surface area contributed by atoms with Crippen LogP contribution in [0, 0.1) is 18.6 Å². The quantitative estimate of drug-likeness (QED) is 0.891. The molecule has 0 aliphatic heterocycles. The van der Waals surface area contributed by atoms with Gasteiger partial charge in [0.05, 0.1) is 6.04 Å². The van der Waals surface area contributed by atoms with E-state index in [0.717, 1.165) is 11.4 Å². The lowest BCUT2D eigenvalue weighted by Gasteiger charge is -2.18. The molecule has 0 amide bonds. The van der Waals surface area contributed by atoms with Crippen LogP contribution in [0.3, 0.4) is 0 Å². The summed E-state index contributed by atoms with van der Waals surface area (Å²) in [6.45, 7) is 3.37. The van der Waals surface area contributed by atoms with Gasteiger partial charge >= 0.3 is 0 Å². The van der Waals surface area contributed by atoms with E-state index in [9.17, 15) is 8.78 Å². The van der Waals surface area contributed by atoms with E-state index in [1.165, 1.54) is 12.1 Å². The highest BCUT2D eigenvalue weighted by molar-refractivity contribution is 5.55. The van der Waals surface area contributed by atoms with E-state index in [-0.39, 0.29) is 17.7 Å². The maximum absolute atomic E-state index is 13.9. The number of hydrogen-bond acceptors (Lipinski definition) is 2. The number of anilines is 2. The van der Waals surface area contributed by atoms with Crippen molar-refractivity contribution in [3.63, 3.8) is 0 Å². The molecule has 0 spiro atoms. The minimum atomic E-state index is -0.390. The maximum atomic E-state index is 13.9. The summed E-state index contributed by atoms with van der Waals surface area (Å²) in [6.07, 6.45) is 0. The lowest BCUT2D eigenvalue weighted by atomic mass is 10.0.